The lowest BCUT2D eigenvalue weighted by atomic mass is 10.1. The molecule has 4 rings (SSSR count). The molecule has 7 heteroatoms. The smallest absolute Gasteiger partial charge is 0.283 e. The molecule has 0 aliphatic carbocycles. The van der Waals surface area contributed by atoms with Gasteiger partial charge in [0.05, 0.1) is 5.57 Å². The second-order valence-electron chi connectivity index (χ2n) is 8.49. The van der Waals surface area contributed by atoms with Crippen molar-refractivity contribution in [1.29, 1.82) is 5.41 Å². The normalized spacial score (nSPS) is 17.5. The van der Waals surface area contributed by atoms with Crippen molar-refractivity contribution in [3.63, 3.8) is 0 Å². The summed E-state index contributed by atoms with van der Waals surface area (Å²) in [6.45, 7) is 12.6. The lowest BCUT2D eigenvalue weighted by molar-refractivity contribution is -0.114. The molecule has 2 aromatic rings. The van der Waals surface area contributed by atoms with Gasteiger partial charge in [-0.2, -0.15) is 15.1 Å². The van der Waals surface area contributed by atoms with E-state index in [4.69, 9.17) is 5.41 Å². The summed E-state index contributed by atoms with van der Waals surface area (Å²) in [5.74, 6) is 0.141. The summed E-state index contributed by atoms with van der Waals surface area (Å²) in [6.07, 6.45) is 2.58. The highest BCUT2D eigenvalue weighted by Crippen LogP contribution is 2.32. The van der Waals surface area contributed by atoms with Gasteiger partial charge in [-0.15, -0.1) is 0 Å². The van der Waals surface area contributed by atoms with E-state index in [1.165, 1.54) is 27.9 Å². The Kier molecular flexibility index (Phi) is 5.47. The summed E-state index contributed by atoms with van der Waals surface area (Å²) in [5.41, 5.74) is 6.85. The number of carbonyl (C=O) groups is 1. The number of aliphatic imine (C=N–C) groups is 1. The van der Waals surface area contributed by atoms with Crippen LogP contribution in [0, 0.1) is 39.0 Å². The van der Waals surface area contributed by atoms with Crippen LogP contribution in [0.1, 0.15) is 48.3 Å². The molecule has 160 valence electrons. The summed E-state index contributed by atoms with van der Waals surface area (Å²) in [5, 5.41) is 16.0. The number of thioether (sulfide) groups is 1. The highest BCUT2D eigenvalue weighted by atomic mass is 32.2. The molecule has 3 heterocycles. The fourth-order valence-electron chi connectivity index (χ4n) is 3.90. The lowest BCUT2D eigenvalue weighted by Gasteiger charge is -2.20. The topological polar surface area (TPSA) is 73.8 Å². The maximum Gasteiger partial charge on any atom is 0.283 e. The standard InChI is InChI=1S/C24H27N5OS/c1-13(2)10-21-27-29-22(25)19(23(30)26-24(29)31-21)12-18-11-15(4)28(17(18)6)20-9-7-8-14(3)16(20)5/h7-9,11-13,25H,10H2,1-6H3. The molecule has 0 saturated heterocycles. The molecule has 31 heavy (non-hydrogen) atoms. The van der Waals surface area contributed by atoms with Crippen LogP contribution in [0.5, 0.6) is 0 Å². The molecule has 1 N–H and O–H groups in total. The Morgan fingerprint density at radius 3 is 2.65 bits per heavy atom. The molecule has 2 aliphatic rings. The number of benzene rings is 1. The Bertz CT molecular complexity index is 1200. The van der Waals surface area contributed by atoms with Crippen LogP contribution in [0.15, 0.2) is 39.9 Å². The third-order valence-electron chi connectivity index (χ3n) is 5.67. The van der Waals surface area contributed by atoms with Gasteiger partial charge in [-0.3, -0.25) is 10.2 Å². The van der Waals surface area contributed by atoms with Gasteiger partial charge in [0.15, 0.2) is 5.84 Å². The molecule has 2 aliphatic heterocycles. The maximum absolute atomic E-state index is 12.8. The quantitative estimate of drug-likeness (QED) is 0.658. The number of fused-ring (bicyclic) bond motifs is 1. The zero-order chi connectivity index (χ0) is 22.4. The van der Waals surface area contributed by atoms with Gasteiger partial charge >= 0.3 is 0 Å². The number of nitrogens with one attached hydrogen (secondary N) is 1. The van der Waals surface area contributed by atoms with Gasteiger partial charge in [-0.25, -0.2) is 0 Å². The number of carbonyl (C=O) groups excluding carboxylic acids is 1. The average molecular weight is 434 g/mol. The molecule has 0 spiro atoms. The van der Waals surface area contributed by atoms with Gasteiger partial charge in [0, 0.05) is 23.5 Å². The zero-order valence-electron chi connectivity index (χ0n) is 18.8. The number of amides is 1. The molecule has 0 saturated carbocycles. The van der Waals surface area contributed by atoms with Crippen LogP contribution in [0.3, 0.4) is 0 Å². The molecule has 0 fully saturated rings. The van der Waals surface area contributed by atoms with Gasteiger partial charge < -0.3 is 4.57 Å². The molecular formula is C24H27N5OS. The van der Waals surface area contributed by atoms with Gasteiger partial charge in [-0.1, -0.05) is 26.0 Å². The van der Waals surface area contributed by atoms with E-state index >= 15 is 0 Å². The van der Waals surface area contributed by atoms with Crippen LogP contribution >= 0.6 is 11.8 Å². The van der Waals surface area contributed by atoms with E-state index in [2.05, 4.69) is 73.5 Å². The number of hydrogen-bond acceptors (Lipinski definition) is 4. The van der Waals surface area contributed by atoms with Crippen LogP contribution < -0.4 is 0 Å². The number of aromatic nitrogens is 1. The summed E-state index contributed by atoms with van der Waals surface area (Å²) in [6, 6.07) is 8.32. The van der Waals surface area contributed by atoms with E-state index in [0.717, 1.165) is 34.1 Å². The van der Waals surface area contributed by atoms with Crippen molar-refractivity contribution < 1.29 is 4.79 Å². The van der Waals surface area contributed by atoms with Crippen LogP contribution in [-0.2, 0) is 4.79 Å². The monoisotopic (exact) mass is 433 g/mol. The van der Waals surface area contributed by atoms with E-state index in [9.17, 15) is 4.79 Å². The fourth-order valence-corrected chi connectivity index (χ4v) is 5.00. The summed E-state index contributed by atoms with van der Waals surface area (Å²) in [4.78, 5) is 17.0. The van der Waals surface area contributed by atoms with Crippen molar-refractivity contribution in [1.82, 2.24) is 9.58 Å². The third kappa shape index (κ3) is 3.78. The predicted octanol–water partition coefficient (Wildman–Crippen LogP) is 5.38. The van der Waals surface area contributed by atoms with E-state index in [1.807, 2.05) is 6.92 Å². The van der Waals surface area contributed by atoms with Crippen molar-refractivity contribution >= 4 is 39.8 Å². The number of aryl methyl sites for hydroxylation is 2. The zero-order valence-corrected chi connectivity index (χ0v) is 19.6. The molecule has 1 amide bonds. The molecule has 0 unspecified atom stereocenters. The number of rotatable bonds is 4. The van der Waals surface area contributed by atoms with E-state index in [0.29, 0.717) is 11.1 Å². The van der Waals surface area contributed by atoms with Crippen molar-refractivity contribution in [3.8, 4) is 5.69 Å². The first-order valence-electron chi connectivity index (χ1n) is 10.4. The Morgan fingerprint density at radius 2 is 1.94 bits per heavy atom. The number of amidine groups is 2. The maximum atomic E-state index is 12.8. The van der Waals surface area contributed by atoms with Gasteiger partial charge in [0.2, 0.25) is 5.17 Å². The van der Waals surface area contributed by atoms with Gasteiger partial charge in [-0.05, 0) is 80.3 Å². The Balaban J connectivity index is 1.73. The first-order valence-corrected chi connectivity index (χ1v) is 11.2. The SMILES string of the molecule is Cc1cccc(-n2c(C)cc(C=C3C(=N)N4N=C(CC(C)C)SC4=NC3=O)c2C)c1C. The van der Waals surface area contributed by atoms with Crippen molar-refractivity contribution in [2.24, 2.45) is 16.0 Å². The van der Waals surface area contributed by atoms with Crippen molar-refractivity contribution in [3.05, 3.63) is 57.9 Å². The second kappa shape index (κ2) is 7.96. The number of hydrogen-bond donors (Lipinski definition) is 1. The molecule has 1 aromatic heterocycles. The average Bonchev–Trinajstić information content (AvgIpc) is 3.21. The highest BCUT2D eigenvalue weighted by molar-refractivity contribution is 8.26. The van der Waals surface area contributed by atoms with E-state index < -0.39 is 0 Å². The number of hydrazone groups is 1. The first-order chi connectivity index (χ1) is 14.7. The number of nitrogens with zero attached hydrogens (tertiary/aromatic N) is 4. The second-order valence-corrected chi connectivity index (χ2v) is 9.53. The highest BCUT2D eigenvalue weighted by Gasteiger charge is 2.35. The van der Waals surface area contributed by atoms with Crippen LogP contribution in [0.4, 0.5) is 0 Å². The third-order valence-corrected chi connectivity index (χ3v) is 6.60. The lowest BCUT2D eigenvalue weighted by Crippen LogP contribution is -2.35. The summed E-state index contributed by atoms with van der Waals surface area (Å²) >= 11 is 1.38. The van der Waals surface area contributed by atoms with Gasteiger partial charge in [0.1, 0.15) is 5.04 Å². The fraction of sp³-hybridized carbons (Fsp3) is 0.333. The summed E-state index contributed by atoms with van der Waals surface area (Å²) in [7, 11) is 0. The predicted molar refractivity (Wildman–Crippen MR) is 129 cm³/mol. The molecular weight excluding hydrogens is 406 g/mol. The van der Waals surface area contributed by atoms with Crippen LogP contribution in [0.2, 0.25) is 0 Å². The van der Waals surface area contributed by atoms with Crippen molar-refractivity contribution in [2.45, 2.75) is 48.0 Å². The Hall–Kier alpha value is -2.93. The molecule has 0 radical (unpaired) electrons. The Morgan fingerprint density at radius 1 is 1.19 bits per heavy atom. The minimum Gasteiger partial charge on any atom is -0.318 e. The van der Waals surface area contributed by atoms with Crippen LogP contribution in [-0.4, -0.2) is 31.5 Å². The molecule has 0 atom stereocenters. The molecule has 6 nitrogen and oxygen atoms in total. The van der Waals surface area contributed by atoms with Gasteiger partial charge in [0.25, 0.3) is 5.91 Å². The van der Waals surface area contributed by atoms with Crippen molar-refractivity contribution in [2.75, 3.05) is 0 Å². The van der Waals surface area contributed by atoms with E-state index in [-0.39, 0.29) is 17.3 Å². The molecule has 0 bridgehead atoms. The molecule has 1 aromatic carbocycles. The largest absolute Gasteiger partial charge is 0.318 e. The van der Waals surface area contributed by atoms with Crippen LogP contribution in [0.25, 0.3) is 11.8 Å². The van der Waals surface area contributed by atoms with E-state index in [1.54, 1.807) is 6.08 Å². The first kappa shape index (κ1) is 21.3. The summed E-state index contributed by atoms with van der Waals surface area (Å²) < 4.78 is 2.20. The minimum atomic E-state index is -0.388. The Labute approximate surface area is 187 Å². The minimum absolute atomic E-state index is 0.0813.